The molecular formula is C36H45InN2O2Zr. The molecule has 0 atom stereocenters. The van der Waals surface area contributed by atoms with E-state index in [0.29, 0.717) is 12.8 Å². The second-order valence-electron chi connectivity index (χ2n) is 9.91. The molecule has 2 N–H and O–H groups in total. The second-order valence-corrected chi connectivity index (χ2v) is 16.8. The van der Waals surface area contributed by atoms with Gasteiger partial charge in [0.05, 0.1) is 0 Å². The van der Waals surface area contributed by atoms with E-state index in [0.717, 1.165) is 0 Å². The molecule has 2 aromatic rings. The molecule has 0 unspecified atom stereocenters. The van der Waals surface area contributed by atoms with Crippen LogP contribution >= 0.6 is 0 Å². The van der Waals surface area contributed by atoms with Crippen LogP contribution in [-0.2, 0) is 32.8 Å². The van der Waals surface area contributed by atoms with Crippen LogP contribution in [0.25, 0.3) is 12.2 Å². The Labute approximate surface area is 277 Å². The van der Waals surface area contributed by atoms with Crippen molar-refractivity contribution in [3.63, 3.8) is 0 Å². The molecule has 0 spiro atoms. The van der Waals surface area contributed by atoms with Crippen molar-refractivity contribution in [2.75, 3.05) is 0 Å². The number of hydrogen-bond acceptors (Lipinski definition) is 2. The number of unbranched alkanes of at least 4 members (excludes halogenated alkanes) is 2. The molecular weight excluding hydrogens is 698 g/mol. The average molecular weight is 744 g/mol. The minimum absolute atomic E-state index is 0.463. The van der Waals surface area contributed by atoms with Crippen LogP contribution in [0.1, 0.15) is 76.3 Å². The van der Waals surface area contributed by atoms with E-state index in [1.165, 1.54) is 62.5 Å². The van der Waals surface area contributed by atoms with Crippen molar-refractivity contribution in [3.05, 3.63) is 126 Å². The summed E-state index contributed by atoms with van der Waals surface area (Å²) in [5.74, 6) is 0. The van der Waals surface area contributed by atoms with Crippen LogP contribution in [0.15, 0.2) is 115 Å². The Morgan fingerprint density at radius 1 is 0.690 bits per heavy atom. The van der Waals surface area contributed by atoms with Crippen LogP contribution in [0.5, 0.6) is 0 Å². The number of hydrogen-bond donors (Lipinski definition) is 2. The molecule has 2 aromatic carbocycles. The third-order valence-corrected chi connectivity index (χ3v) is 12.8. The van der Waals surface area contributed by atoms with Gasteiger partial charge in [-0.2, -0.15) is 0 Å². The maximum atomic E-state index is 9.47. The molecule has 4 nitrogen and oxygen atoms in total. The van der Waals surface area contributed by atoms with Crippen LogP contribution in [0.2, 0.25) is 0 Å². The van der Waals surface area contributed by atoms with Gasteiger partial charge in [-0.1, -0.05) is 85.0 Å². The van der Waals surface area contributed by atoms with E-state index in [9.17, 15) is 9.59 Å². The zero-order valence-corrected chi connectivity index (χ0v) is 31.7. The number of rotatable bonds is 15. The van der Waals surface area contributed by atoms with E-state index < -0.39 is 46.7 Å². The number of nitrogens with one attached hydrogen (secondary N) is 2. The van der Waals surface area contributed by atoms with Crippen molar-refractivity contribution >= 4 is 48.5 Å². The first-order valence-electron chi connectivity index (χ1n) is 15.0. The van der Waals surface area contributed by atoms with Crippen LogP contribution in [0, 0.1) is 0 Å². The van der Waals surface area contributed by atoms with E-state index in [1.807, 2.05) is 43.0 Å². The maximum absolute atomic E-state index is 9.47. The summed E-state index contributed by atoms with van der Waals surface area (Å²) in [4.78, 5) is 18.9. The van der Waals surface area contributed by atoms with Crippen LogP contribution in [0.4, 0.5) is 0 Å². The number of carbonyl (C=O) groups excluding carboxylic acids is 2. The first kappa shape index (κ1) is 35.8. The first-order chi connectivity index (χ1) is 20.7. The van der Waals surface area contributed by atoms with Gasteiger partial charge in [-0.05, 0) is 11.1 Å². The van der Waals surface area contributed by atoms with E-state index >= 15 is 0 Å². The van der Waals surface area contributed by atoms with Crippen LogP contribution in [0.3, 0.4) is 0 Å². The van der Waals surface area contributed by atoms with Crippen molar-refractivity contribution in [1.29, 1.82) is 0 Å². The molecule has 42 heavy (non-hydrogen) atoms. The number of allylic oxidation sites excluding steroid dienone is 10. The predicted octanol–water partition coefficient (Wildman–Crippen LogP) is 8.04. The fourth-order valence-electron chi connectivity index (χ4n) is 4.35. The molecule has 0 heterocycles. The summed E-state index contributed by atoms with van der Waals surface area (Å²) in [5.41, 5.74) is 5.87. The van der Waals surface area contributed by atoms with Gasteiger partial charge in [-0.25, -0.2) is 0 Å². The molecule has 0 fully saturated rings. The molecule has 2 aliphatic carbocycles. The fourth-order valence-corrected chi connectivity index (χ4v) is 8.96. The van der Waals surface area contributed by atoms with E-state index in [2.05, 4.69) is 93.3 Å². The number of carbonyl (C=O) groups is 2. The molecule has 0 aromatic heterocycles. The molecule has 6 heteroatoms. The van der Waals surface area contributed by atoms with Gasteiger partial charge >= 0.3 is 183 Å². The van der Waals surface area contributed by atoms with Gasteiger partial charge in [0.2, 0.25) is 0 Å². The van der Waals surface area contributed by atoms with E-state index in [4.69, 9.17) is 0 Å². The predicted molar refractivity (Wildman–Crippen MR) is 177 cm³/mol. The molecule has 2 aliphatic rings. The summed E-state index contributed by atoms with van der Waals surface area (Å²) >= 11 is -1.81. The monoisotopic (exact) mass is 742 g/mol. The Hall–Kier alpha value is -2.43. The van der Waals surface area contributed by atoms with Gasteiger partial charge in [-0.3, -0.25) is 0 Å². The summed E-state index contributed by atoms with van der Waals surface area (Å²) in [6.07, 6.45) is 29.7. The van der Waals surface area contributed by atoms with Crippen molar-refractivity contribution in [3.8, 4) is 0 Å². The minimum atomic E-state index is -1.35. The molecule has 0 radical (unpaired) electrons. The molecule has 0 saturated carbocycles. The quantitative estimate of drug-likeness (QED) is 0.110. The normalized spacial score (nSPS) is 13.5. The summed E-state index contributed by atoms with van der Waals surface area (Å²) < 4.78 is 8.60. The number of amides is 2. The van der Waals surface area contributed by atoms with Gasteiger partial charge in [0.25, 0.3) is 0 Å². The van der Waals surface area contributed by atoms with Crippen molar-refractivity contribution < 1.29 is 32.8 Å². The molecule has 2 amide bonds. The van der Waals surface area contributed by atoms with Crippen molar-refractivity contribution in [1.82, 2.24) is 6.61 Å². The van der Waals surface area contributed by atoms with Gasteiger partial charge in [-0.15, -0.1) is 0 Å². The third-order valence-electron chi connectivity index (χ3n) is 6.62. The average Bonchev–Trinajstić information content (AvgIpc) is 3.68. The molecule has 0 saturated heterocycles. The molecule has 0 aliphatic heterocycles. The Kier molecular flexibility index (Phi) is 20.5. The Bertz CT molecular complexity index is 1140. The number of benzene rings is 2. The topological polar surface area (TPSA) is 58.2 Å². The van der Waals surface area contributed by atoms with E-state index in [-0.39, 0.29) is 0 Å². The fraction of sp³-hybridized carbons (Fsp3) is 0.278. The Morgan fingerprint density at radius 2 is 1.12 bits per heavy atom. The van der Waals surface area contributed by atoms with Crippen molar-refractivity contribution in [2.24, 2.45) is 0 Å². The summed E-state index contributed by atoms with van der Waals surface area (Å²) in [7, 11) is 0. The van der Waals surface area contributed by atoms with Crippen molar-refractivity contribution in [2.45, 2.75) is 65.2 Å². The standard InChI is InChI=1S/C16H14.2C9H13.2CH3NO.In.Zr.H/c1-3-9-15(10-4-1)13-7-8-14-16-11-5-2-6-12-16;2*1-2-3-6-9-7-4-5-8-9;2*2-1-3;;;/h1-14H;2*4,7H,2-3,5-6H2,1H3;2*1H,(H2,2,3);;;/q;;;;;+2;;/p-2. The zero-order chi connectivity index (χ0) is 30.1. The van der Waals surface area contributed by atoms with Crippen LogP contribution in [-0.4, -0.2) is 36.3 Å². The molecule has 4 rings (SSSR count). The zero-order valence-electron chi connectivity index (χ0n) is 25.2. The Morgan fingerprint density at radius 3 is 1.50 bits per heavy atom. The van der Waals surface area contributed by atoms with E-state index in [1.54, 1.807) is 11.1 Å². The van der Waals surface area contributed by atoms with Gasteiger partial charge < -0.3 is 0 Å². The summed E-state index contributed by atoms with van der Waals surface area (Å²) in [6.45, 7) is 4.59. The third kappa shape index (κ3) is 15.7. The SMILES string of the molecule is C(C=Cc1ccccc1)=Cc1ccccc1.CCCCC1=[C]([Zr][C]2=C(CCCC)C=CC2)CC=C1.O=C[NH][InH][NH]C=O. The van der Waals surface area contributed by atoms with Gasteiger partial charge in [0, 0.05) is 0 Å². The van der Waals surface area contributed by atoms with Gasteiger partial charge in [0.1, 0.15) is 0 Å². The Balaban J connectivity index is 0.000000243. The molecule has 0 bridgehead atoms. The van der Waals surface area contributed by atoms with Crippen LogP contribution < -0.4 is 6.61 Å². The molecule has 218 valence electrons. The summed E-state index contributed by atoms with van der Waals surface area (Å²) in [5, 5.41) is 0. The van der Waals surface area contributed by atoms with Gasteiger partial charge in [0.15, 0.2) is 0 Å². The summed E-state index contributed by atoms with van der Waals surface area (Å²) in [6, 6.07) is 20.6. The first-order valence-corrected chi connectivity index (χ1v) is 21.5. The second kappa shape index (κ2) is 24.1.